The largest absolute Gasteiger partial charge is 0.342 e. The number of nitrogens with zero attached hydrogens (tertiary/aromatic N) is 4. The van der Waals surface area contributed by atoms with Crippen LogP contribution in [0.1, 0.15) is 26.2 Å². The third-order valence-corrected chi connectivity index (χ3v) is 5.29. The molecule has 0 bridgehead atoms. The molecule has 0 N–H and O–H groups in total. The molecule has 6 heteroatoms. The van der Waals surface area contributed by atoms with Crippen LogP contribution in [0.4, 0.5) is 0 Å². The van der Waals surface area contributed by atoms with Crippen molar-refractivity contribution in [3.63, 3.8) is 0 Å². The minimum atomic E-state index is -0.139. The molecule has 1 saturated heterocycles. The number of piperidine rings is 1. The quantitative estimate of drug-likeness (QED) is 0.809. The molecule has 1 aromatic heterocycles. The van der Waals surface area contributed by atoms with Crippen molar-refractivity contribution in [1.29, 1.82) is 0 Å². The van der Waals surface area contributed by atoms with Crippen molar-refractivity contribution >= 4 is 17.7 Å². The first kappa shape index (κ1) is 16.1. The van der Waals surface area contributed by atoms with Gasteiger partial charge in [-0.25, -0.2) is 0 Å². The zero-order chi connectivity index (χ0) is 16.2. The molecule has 1 amide bonds. The summed E-state index contributed by atoms with van der Waals surface area (Å²) in [4.78, 5) is 14.5. The Morgan fingerprint density at radius 2 is 1.83 bits per heavy atom. The topological polar surface area (TPSA) is 51.0 Å². The number of rotatable bonds is 4. The van der Waals surface area contributed by atoms with Crippen molar-refractivity contribution in [2.24, 2.45) is 7.05 Å². The van der Waals surface area contributed by atoms with Crippen LogP contribution >= 0.6 is 11.8 Å². The molecule has 1 fully saturated rings. The molecule has 0 aliphatic carbocycles. The Morgan fingerprint density at radius 1 is 1.13 bits per heavy atom. The second-order valence-electron chi connectivity index (χ2n) is 5.88. The SMILES string of the molecule is C[C@H](Sc1nnc(-c2ccccc2)n1C)C(=O)N1CCCCC1. The van der Waals surface area contributed by atoms with Gasteiger partial charge < -0.3 is 9.47 Å². The van der Waals surface area contributed by atoms with Gasteiger partial charge in [-0.1, -0.05) is 42.1 Å². The van der Waals surface area contributed by atoms with Crippen molar-refractivity contribution < 1.29 is 4.79 Å². The summed E-state index contributed by atoms with van der Waals surface area (Å²) in [5, 5.41) is 9.18. The van der Waals surface area contributed by atoms with E-state index in [4.69, 9.17) is 0 Å². The molecule has 1 aliphatic heterocycles. The van der Waals surface area contributed by atoms with E-state index in [9.17, 15) is 4.79 Å². The summed E-state index contributed by atoms with van der Waals surface area (Å²) < 4.78 is 1.96. The van der Waals surface area contributed by atoms with Gasteiger partial charge in [-0.15, -0.1) is 10.2 Å². The van der Waals surface area contributed by atoms with Crippen LogP contribution in [0, 0.1) is 0 Å². The molecular weight excluding hydrogens is 308 g/mol. The van der Waals surface area contributed by atoms with E-state index in [1.807, 2.05) is 53.8 Å². The highest BCUT2D eigenvalue weighted by molar-refractivity contribution is 8.00. The summed E-state index contributed by atoms with van der Waals surface area (Å²) in [6.07, 6.45) is 3.46. The van der Waals surface area contributed by atoms with Crippen LogP contribution in [-0.2, 0) is 11.8 Å². The van der Waals surface area contributed by atoms with Gasteiger partial charge in [0.1, 0.15) is 0 Å². The average Bonchev–Trinajstić information content (AvgIpc) is 2.96. The minimum Gasteiger partial charge on any atom is -0.342 e. The zero-order valence-corrected chi connectivity index (χ0v) is 14.4. The molecular formula is C17H22N4OS. The van der Waals surface area contributed by atoms with Crippen molar-refractivity contribution in [3.8, 4) is 11.4 Å². The van der Waals surface area contributed by atoms with Gasteiger partial charge in [0.2, 0.25) is 5.91 Å². The number of hydrogen-bond acceptors (Lipinski definition) is 4. The van der Waals surface area contributed by atoms with Crippen LogP contribution < -0.4 is 0 Å². The predicted octanol–water partition coefficient (Wildman–Crippen LogP) is 2.98. The number of hydrogen-bond donors (Lipinski definition) is 0. The van der Waals surface area contributed by atoms with Crippen LogP contribution in [-0.4, -0.2) is 43.9 Å². The maximum absolute atomic E-state index is 12.5. The van der Waals surface area contributed by atoms with Gasteiger partial charge in [0.05, 0.1) is 5.25 Å². The molecule has 1 aliphatic rings. The number of likely N-dealkylation sites (tertiary alicyclic amines) is 1. The average molecular weight is 330 g/mol. The highest BCUT2D eigenvalue weighted by atomic mass is 32.2. The molecule has 0 spiro atoms. The van der Waals surface area contributed by atoms with E-state index < -0.39 is 0 Å². The maximum atomic E-state index is 12.5. The van der Waals surface area contributed by atoms with Crippen molar-refractivity contribution in [2.75, 3.05) is 13.1 Å². The van der Waals surface area contributed by atoms with E-state index in [1.165, 1.54) is 18.2 Å². The van der Waals surface area contributed by atoms with Crippen LogP contribution in [0.25, 0.3) is 11.4 Å². The van der Waals surface area contributed by atoms with E-state index in [2.05, 4.69) is 10.2 Å². The first-order valence-electron chi connectivity index (χ1n) is 8.07. The van der Waals surface area contributed by atoms with E-state index in [0.717, 1.165) is 42.5 Å². The van der Waals surface area contributed by atoms with Crippen molar-refractivity contribution in [2.45, 2.75) is 36.6 Å². The fourth-order valence-electron chi connectivity index (χ4n) is 2.84. The maximum Gasteiger partial charge on any atom is 0.235 e. The molecule has 122 valence electrons. The lowest BCUT2D eigenvalue weighted by Crippen LogP contribution is -2.40. The zero-order valence-electron chi connectivity index (χ0n) is 13.6. The Morgan fingerprint density at radius 3 is 2.52 bits per heavy atom. The van der Waals surface area contributed by atoms with Gasteiger partial charge in [-0.3, -0.25) is 4.79 Å². The lowest BCUT2D eigenvalue weighted by Gasteiger charge is -2.28. The molecule has 0 saturated carbocycles. The van der Waals surface area contributed by atoms with E-state index >= 15 is 0 Å². The van der Waals surface area contributed by atoms with E-state index in [1.54, 1.807) is 0 Å². The first-order valence-corrected chi connectivity index (χ1v) is 8.95. The third-order valence-electron chi connectivity index (χ3n) is 4.16. The Labute approximate surface area is 141 Å². The van der Waals surface area contributed by atoms with Gasteiger partial charge >= 0.3 is 0 Å². The summed E-state index contributed by atoms with van der Waals surface area (Å²) in [7, 11) is 1.95. The molecule has 1 aromatic carbocycles. The Balaban J connectivity index is 1.70. The standard InChI is InChI=1S/C17H22N4OS/c1-13(16(22)21-11-7-4-8-12-21)23-17-19-18-15(20(17)2)14-9-5-3-6-10-14/h3,5-6,9-10,13H,4,7-8,11-12H2,1-2H3/t13-/m0/s1. The van der Waals surface area contributed by atoms with Gasteiger partial charge in [0.25, 0.3) is 0 Å². The monoisotopic (exact) mass is 330 g/mol. The summed E-state index contributed by atoms with van der Waals surface area (Å²) in [6.45, 7) is 3.73. The molecule has 2 aromatic rings. The number of carbonyl (C=O) groups excluding carboxylic acids is 1. The van der Waals surface area contributed by atoms with Crippen molar-refractivity contribution in [3.05, 3.63) is 30.3 Å². The lowest BCUT2D eigenvalue weighted by molar-refractivity contribution is -0.131. The van der Waals surface area contributed by atoms with E-state index in [-0.39, 0.29) is 11.2 Å². The normalized spacial score (nSPS) is 16.3. The van der Waals surface area contributed by atoms with E-state index in [0.29, 0.717) is 0 Å². The van der Waals surface area contributed by atoms with Gasteiger partial charge in [-0.2, -0.15) is 0 Å². The summed E-state index contributed by atoms with van der Waals surface area (Å²) >= 11 is 1.49. The van der Waals surface area contributed by atoms with Gasteiger partial charge in [0.15, 0.2) is 11.0 Å². The number of carbonyl (C=O) groups is 1. The number of amides is 1. The Hall–Kier alpha value is -1.82. The second-order valence-corrected chi connectivity index (χ2v) is 7.19. The first-order chi connectivity index (χ1) is 11.2. The van der Waals surface area contributed by atoms with Crippen LogP contribution in [0.5, 0.6) is 0 Å². The number of benzene rings is 1. The van der Waals surface area contributed by atoms with Crippen molar-refractivity contribution in [1.82, 2.24) is 19.7 Å². The van der Waals surface area contributed by atoms with Gasteiger partial charge in [0, 0.05) is 25.7 Å². The third kappa shape index (κ3) is 3.58. The molecule has 5 nitrogen and oxygen atoms in total. The summed E-state index contributed by atoms with van der Waals surface area (Å²) in [6, 6.07) is 9.98. The summed E-state index contributed by atoms with van der Waals surface area (Å²) in [5.41, 5.74) is 1.03. The molecule has 0 unspecified atom stereocenters. The number of thioether (sulfide) groups is 1. The molecule has 3 rings (SSSR count). The van der Waals surface area contributed by atoms with Crippen LogP contribution in [0.2, 0.25) is 0 Å². The molecule has 1 atom stereocenters. The second kappa shape index (κ2) is 7.17. The fourth-order valence-corrected chi connectivity index (χ4v) is 3.73. The Bertz CT molecular complexity index is 664. The summed E-state index contributed by atoms with van der Waals surface area (Å²) in [5.74, 6) is 1.03. The minimum absolute atomic E-state index is 0.139. The van der Waals surface area contributed by atoms with Gasteiger partial charge in [-0.05, 0) is 26.2 Å². The van der Waals surface area contributed by atoms with Crippen LogP contribution in [0.15, 0.2) is 35.5 Å². The fraction of sp³-hybridized carbons (Fsp3) is 0.471. The number of aromatic nitrogens is 3. The smallest absolute Gasteiger partial charge is 0.235 e. The highest BCUT2D eigenvalue weighted by Crippen LogP contribution is 2.27. The highest BCUT2D eigenvalue weighted by Gasteiger charge is 2.24. The predicted molar refractivity (Wildman–Crippen MR) is 92.2 cm³/mol. The molecule has 2 heterocycles. The lowest BCUT2D eigenvalue weighted by atomic mass is 10.1. The molecule has 23 heavy (non-hydrogen) atoms. The Kier molecular flexibility index (Phi) is 5.00. The molecule has 0 radical (unpaired) electrons. The van der Waals surface area contributed by atoms with Crippen LogP contribution in [0.3, 0.4) is 0 Å².